The van der Waals surface area contributed by atoms with Crippen molar-refractivity contribution in [2.24, 2.45) is 0 Å². The SMILES string of the molecule is Cc1c(Cl)nc(C2CC2)nc1OC(C)(C)C. The lowest BCUT2D eigenvalue weighted by Crippen LogP contribution is -2.24. The molecule has 16 heavy (non-hydrogen) atoms. The van der Waals surface area contributed by atoms with Crippen LogP contribution in [0.2, 0.25) is 5.15 Å². The minimum absolute atomic E-state index is 0.261. The largest absolute Gasteiger partial charge is 0.472 e. The van der Waals surface area contributed by atoms with Crippen LogP contribution < -0.4 is 4.74 Å². The maximum atomic E-state index is 6.09. The van der Waals surface area contributed by atoms with E-state index in [4.69, 9.17) is 16.3 Å². The van der Waals surface area contributed by atoms with Gasteiger partial charge in [0.2, 0.25) is 5.88 Å². The molecule has 1 heterocycles. The van der Waals surface area contributed by atoms with Gasteiger partial charge in [-0.2, -0.15) is 4.98 Å². The number of ether oxygens (including phenoxy) is 1. The maximum absolute atomic E-state index is 6.09. The summed E-state index contributed by atoms with van der Waals surface area (Å²) in [6, 6.07) is 0. The average Bonchev–Trinajstić information content (AvgIpc) is 2.93. The molecule has 0 spiro atoms. The summed E-state index contributed by atoms with van der Waals surface area (Å²) < 4.78 is 5.80. The zero-order valence-electron chi connectivity index (χ0n) is 10.2. The molecule has 0 aromatic carbocycles. The van der Waals surface area contributed by atoms with Crippen LogP contribution in [0.25, 0.3) is 0 Å². The Morgan fingerprint density at radius 3 is 2.38 bits per heavy atom. The predicted octanol–water partition coefficient (Wildman–Crippen LogP) is 3.49. The third-order valence-corrected chi connectivity index (χ3v) is 2.77. The highest BCUT2D eigenvalue weighted by Crippen LogP contribution is 2.40. The van der Waals surface area contributed by atoms with Crippen molar-refractivity contribution in [1.82, 2.24) is 9.97 Å². The number of nitrogens with zero attached hydrogens (tertiary/aromatic N) is 2. The van der Waals surface area contributed by atoms with E-state index >= 15 is 0 Å². The molecule has 4 heteroatoms. The van der Waals surface area contributed by atoms with Crippen molar-refractivity contribution in [2.45, 2.75) is 52.1 Å². The Morgan fingerprint density at radius 1 is 1.25 bits per heavy atom. The summed E-state index contributed by atoms with van der Waals surface area (Å²) >= 11 is 6.09. The second-order valence-electron chi connectivity index (χ2n) is 5.29. The van der Waals surface area contributed by atoms with Gasteiger partial charge in [0.1, 0.15) is 16.6 Å². The van der Waals surface area contributed by atoms with E-state index in [2.05, 4.69) is 9.97 Å². The molecule has 0 amide bonds. The Labute approximate surface area is 101 Å². The highest BCUT2D eigenvalue weighted by Gasteiger charge is 2.29. The van der Waals surface area contributed by atoms with E-state index in [9.17, 15) is 0 Å². The molecule has 1 aliphatic carbocycles. The Morgan fingerprint density at radius 2 is 1.88 bits per heavy atom. The Bertz CT molecular complexity index is 408. The van der Waals surface area contributed by atoms with Gasteiger partial charge in [-0.3, -0.25) is 0 Å². The minimum atomic E-state index is -0.261. The smallest absolute Gasteiger partial charge is 0.221 e. The molecule has 0 saturated heterocycles. The number of halogens is 1. The van der Waals surface area contributed by atoms with Crippen molar-refractivity contribution < 1.29 is 4.74 Å². The van der Waals surface area contributed by atoms with Gasteiger partial charge in [-0.15, -0.1) is 0 Å². The second kappa shape index (κ2) is 3.88. The number of hydrogen-bond acceptors (Lipinski definition) is 3. The average molecular weight is 241 g/mol. The van der Waals surface area contributed by atoms with Gasteiger partial charge < -0.3 is 4.74 Å². The second-order valence-corrected chi connectivity index (χ2v) is 5.65. The molecular weight excluding hydrogens is 224 g/mol. The van der Waals surface area contributed by atoms with Gasteiger partial charge in [0.25, 0.3) is 0 Å². The van der Waals surface area contributed by atoms with Gasteiger partial charge in [-0.25, -0.2) is 4.98 Å². The molecule has 1 fully saturated rings. The van der Waals surface area contributed by atoms with Gasteiger partial charge in [-0.1, -0.05) is 11.6 Å². The normalized spacial score (nSPS) is 16.3. The first-order valence-corrected chi connectivity index (χ1v) is 5.97. The third kappa shape index (κ3) is 2.64. The van der Waals surface area contributed by atoms with E-state index < -0.39 is 0 Å². The van der Waals surface area contributed by atoms with Crippen LogP contribution in [-0.4, -0.2) is 15.6 Å². The zero-order chi connectivity index (χ0) is 11.9. The summed E-state index contributed by atoms with van der Waals surface area (Å²) in [6.45, 7) is 7.89. The highest BCUT2D eigenvalue weighted by atomic mass is 35.5. The van der Waals surface area contributed by atoms with E-state index in [0.29, 0.717) is 17.0 Å². The fourth-order valence-electron chi connectivity index (χ4n) is 1.40. The predicted molar refractivity (Wildman–Crippen MR) is 64.1 cm³/mol. The summed E-state index contributed by atoms with van der Waals surface area (Å²) in [4.78, 5) is 8.76. The van der Waals surface area contributed by atoms with E-state index in [0.717, 1.165) is 24.2 Å². The quantitative estimate of drug-likeness (QED) is 0.743. The van der Waals surface area contributed by atoms with Crippen LogP contribution in [0.15, 0.2) is 0 Å². The molecule has 0 radical (unpaired) electrons. The zero-order valence-corrected chi connectivity index (χ0v) is 10.9. The van der Waals surface area contributed by atoms with Gasteiger partial charge in [-0.05, 0) is 40.5 Å². The summed E-state index contributed by atoms with van der Waals surface area (Å²) in [5.74, 6) is 1.93. The molecule has 1 aromatic rings. The van der Waals surface area contributed by atoms with Crippen molar-refractivity contribution in [1.29, 1.82) is 0 Å². The summed E-state index contributed by atoms with van der Waals surface area (Å²) in [5.41, 5.74) is 0.560. The first kappa shape index (κ1) is 11.6. The van der Waals surface area contributed by atoms with Crippen LogP contribution in [0.1, 0.15) is 50.9 Å². The van der Waals surface area contributed by atoms with Crippen molar-refractivity contribution in [3.63, 3.8) is 0 Å². The highest BCUT2D eigenvalue weighted by molar-refractivity contribution is 6.30. The van der Waals surface area contributed by atoms with Gasteiger partial charge in [0, 0.05) is 11.5 Å². The van der Waals surface area contributed by atoms with Crippen LogP contribution in [0.3, 0.4) is 0 Å². The molecule has 3 nitrogen and oxygen atoms in total. The van der Waals surface area contributed by atoms with Crippen LogP contribution in [-0.2, 0) is 0 Å². The van der Waals surface area contributed by atoms with Gasteiger partial charge in [0.05, 0.1) is 0 Å². The summed E-state index contributed by atoms with van der Waals surface area (Å²) in [6.07, 6.45) is 2.32. The Kier molecular flexibility index (Phi) is 2.82. The van der Waals surface area contributed by atoms with Crippen molar-refractivity contribution >= 4 is 11.6 Å². The van der Waals surface area contributed by atoms with Gasteiger partial charge in [0.15, 0.2) is 0 Å². The van der Waals surface area contributed by atoms with E-state index in [1.807, 2.05) is 27.7 Å². The lowest BCUT2D eigenvalue weighted by atomic mass is 10.2. The number of rotatable bonds is 2. The number of hydrogen-bond donors (Lipinski definition) is 0. The molecule has 2 rings (SSSR count). The van der Waals surface area contributed by atoms with Crippen molar-refractivity contribution in [2.75, 3.05) is 0 Å². The standard InChI is InChI=1S/C12H17ClN2O/c1-7-9(13)14-10(8-5-6-8)15-11(7)16-12(2,3)4/h8H,5-6H2,1-4H3. The van der Waals surface area contributed by atoms with E-state index in [-0.39, 0.29) is 5.60 Å². The maximum Gasteiger partial charge on any atom is 0.221 e. The molecule has 1 aromatic heterocycles. The monoisotopic (exact) mass is 240 g/mol. The van der Waals surface area contributed by atoms with Gasteiger partial charge >= 0.3 is 0 Å². The van der Waals surface area contributed by atoms with Crippen LogP contribution in [0.5, 0.6) is 5.88 Å². The third-order valence-electron chi connectivity index (χ3n) is 2.40. The molecule has 1 aliphatic rings. The summed E-state index contributed by atoms with van der Waals surface area (Å²) in [7, 11) is 0. The lowest BCUT2D eigenvalue weighted by molar-refractivity contribution is 0.122. The van der Waals surface area contributed by atoms with Crippen molar-refractivity contribution in [3.05, 3.63) is 16.5 Å². The number of aromatic nitrogens is 2. The van der Waals surface area contributed by atoms with Crippen molar-refractivity contribution in [3.8, 4) is 5.88 Å². The van der Waals surface area contributed by atoms with E-state index in [1.165, 1.54) is 0 Å². The van der Waals surface area contributed by atoms with Crippen LogP contribution in [0, 0.1) is 6.92 Å². The molecule has 0 N–H and O–H groups in total. The van der Waals surface area contributed by atoms with E-state index in [1.54, 1.807) is 0 Å². The Balaban J connectivity index is 2.34. The topological polar surface area (TPSA) is 35.0 Å². The molecule has 0 bridgehead atoms. The molecule has 1 saturated carbocycles. The first-order chi connectivity index (χ1) is 7.37. The molecule has 0 atom stereocenters. The molecular formula is C12H17ClN2O. The lowest BCUT2D eigenvalue weighted by Gasteiger charge is -2.22. The molecule has 0 unspecified atom stereocenters. The molecule has 88 valence electrons. The first-order valence-electron chi connectivity index (χ1n) is 5.60. The Hall–Kier alpha value is -0.830. The minimum Gasteiger partial charge on any atom is -0.472 e. The van der Waals surface area contributed by atoms with Crippen LogP contribution in [0.4, 0.5) is 0 Å². The summed E-state index contributed by atoms with van der Waals surface area (Å²) in [5, 5.41) is 0.510. The fraction of sp³-hybridized carbons (Fsp3) is 0.667. The molecule has 0 aliphatic heterocycles. The van der Waals surface area contributed by atoms with Crippen LogP contribution >= 0.6 is 11.6 Å². The fourth-order valence-corrected chi connectivity index (χ4v) is 1.57.